The normalized spacial score (nSPS) is 18.6. The Balaban J connectivity index is 1.69. The maximum Gasteiger partial charge on any atom is 0.368 e. The molecule has 0 bridgehead atoms. The van der Waals surface area contributed by atoms with E-state index in [1.807, 2.05) is 0 Å². The van der Waals surface area contributed by atoms with Gasteiger partial charge in [0.15, 0.2) is 12.3 Å². The summed E-state index contributed by atoms with van der Waals surface area (Å²) in [4.78, 5) is 41.5. The molecule has 1 aliphatic heterocycles. The van der Waals surface area contributed by atoms with Gasteiger partial charge in [-0.2, -0.15) is 14.8 Å². The van der Waals surface area contributed by atoms with Gasteiger partial charge in [-0.1, -0.05) is 168 Å². The lowest BCUT2D eigenvalue weighted by Gasteiger charge is -2.20. The Labute approximate surface area is 308 Å². The summed E-state index contributed by atoms with van der Waals surface area (Å²) in [5.41, 5.74) is 4.77. The molecule has 2 heterocycles. The van der Waals surface area contributed by atoms with E-state index in [1.54, 1.807) is 0 Å². The monoisotopic (exact) mass is 721 g/mol. The molecule has 1 fully saturated rings. The van der Waals surface area contributed by atoms with E-state index in [4.69, 9.17) is 19.9 Å². The summed E-state index contributed by atoms with van der Waals surface area (Å²) in [6, 6.07) is 0. The molecule has 2 rings (SSSR count). The van der Waals surface area contributed by atoms with Gasteiger partial charge in [0.2, 0.25) is 0 Å². The Morgan fingerprint density at radius 3 is 1.55 bits per heavy atom. The summed E-state index contributed by atoms with van der Waals surface area (Å²) in [6.07, 6.45) is 28.4. The van der Waals surface area contributed by atoms with E-state index in [9.17, 15) is 19.5 Å². The van der Waals surface area contributed by atoms with Crippen molar-refractivity contribution in [2.75, 3.05) is 12.3 Å². The largest absolute Gasteiger partial charge is 0.463 e. The first-order valence-electron chi connectivity index (χ1n) is 20.8. The summed E-state index contributed by atoms with van der Waals surface area (Å²) >= 11 is 0. The van der Waals surface area contributed by atoms with Crippen LogP contribution in [0.3, 0.4) is 0 Å². The maximum absolute atomic E-state index is 12.8. The van der Waals surface area contributed by atoms with E-state index in [0.717, 1.165) is 43.2 Å². The van der Waals surface area contributed by atoms with Gasteiger partial charge in [-0.15, -0.1) is 0 Å². The number of hydrogen-bond donors (Lipinski definition) is 2. The average molecular weight is 721 g/mol. The minimum atomic E-state index is -1.42. The zero-order valence-corrected chi connectivity index (χ0v) is 32.2. The zero-order valence-electron chi connectivity index (χ0n) is 32.2. The molecule has 1 aromatic rings. The van der Waals surface area contributed by atoms with Crippen LogP contribution in [-0.4, -0.2) is 56.7 Å². The lowest BCUT2D eigenvalue weighted by Crippen LogP contribution is -2.40. The van der Waals surface area contributed by atoms with Crippen LogP contribution in [0.4, 0.5) is 5.82 Å². The van der Waals surface area contributed by atoms with Crippen LogP contribution in [0.2, 0.25) is 0 Å². The quantitative estimate of drug-likeness (QED) is 0.0544. The first-order chi connectivity index (χ1) is 24.9. The third kappa shape index (κ3) is 20.3. The third-order valence-corrected chi connectivity index (χ3v) is 9.93. The van der Waals surface area contributed by atoms with Crippen molar-refractivity contribution in [1.29, 1.82) is 0 Å². The Morgan fingerprint density at radius 1 is 0.706 bits per heavy atom. The fourth-order valence-corrected chi connectivity index (χ4v) is 6.77. The fourth-order valence-electron chi connectivity index (χ4n) is 6.77. The molecule has 11 nitrogen and oxygen atoms in total. The zero-order chi connectivity index (χ0) is 36.9. The molecule has 0 radical (unpaired) electrons. The summed E-state index contributed by atoms with van der Waals surface area (Å²) in [7, 11) is 0. The van der Waals surface area contributed by atoms with Crippen molar-refractivity contribution in [2.45, 2.75) is 218 Å². The maximum atomic E-state index is 12.8. The van der Waals surface area contributed by atoms with Gasteiger partial charge in [-0.3, -0.25) is 9.59 Å². The number of anilines is 1. The van der Waals surface area contributed by atoms with Crippen molar-refractivity contribution in [3.05, 3.63) is 16.7 Å². The molecule has 0 aliphatic carbocycles. The Kier molecular flexibility index (Phi) is 25.4. The highest BCUT2D eigenvalue weighted by Gasteiger charge is 2.48. The van der Waals surface area contributed by atoms with Gasteiger partial charge in [-0.05, 0) is 12.8 Å². The molecule has 0 unspecified atom stereocenters. The second-order valence-corrected chi connectivity index (χ2v) is 14.6. The van der Waals surface area contributed by atoms with Gasteiger partial charge in [0.1, 0.15) is 24.6 Å². The number of aliphatic hydroxyl groups is 1. The number of aromatic nitrogens is 3. The average Bonchev–Trinajstić information content (AvgIpc) is 3.41. The van der Waals surface area contributed by atoms with Crippen LogP contribution in [0, 0.1) is 0 Å². The number of ether oxygens (including phenoxy) is 3. The van der Waals surface area contributed by atoms with E-state index in [2.05, 4.69) is 23.9 Å². The molecular formula is C40H72N4O7. The standard InChI is InChI=1S/C40H72N4O7/c1-3-5-7-9-11-13-15-17-19-21-23-25-27-29-35(45)49-32-33-38(37(47)39(50-33)44-40(48)43-34(41)31-42-44)51-36(46)30-28-26-24-22-20-18-16-14-12-10-8-6-4-2/h31,33,37-39,47H,3-30,32H2,1-2H3,(H2,41,43,48)/t33-,37+,38-,39-/m1/s1. The smallest absolute Gasteiger partial charge is 0.368 e. The number of nitrogen functional groups attached to an aromatic ring is 1. The topological polar surface area (TPSA) is 156 Å². The lowest BCUT2D eigenvalue weighted by molar-refractivity contribution is -0.160. The second kappa shape index (κ2) is 29.0. The van der Waals surface area contributed by atoms with Gasteiger partial charge in [0, 0.05) is 12.8 Å². The summed E-state index contributed by atoms with van der Waals surface area (Å²) in [6.45, 7) is 4.27. The molecule has 1 aliphatic rings. The van der Waals surface area contributed by atoms with E-state index in [-0.39, 0.29) is 31.2 Å². The molecule has 0 saturated carbocycles. The number of hydrogen-bond acceptors (Lipinski definition) is 10. The van der Waals surface area contributed by atoms with Crippen LogP contribution in [0.25, 0.3) is 0 Å². The van der Waals surface area contributed by atoms with Crippen LogP contribution >= 0.6 is 0 Å². The molecule has 294 valence electrons. The van der Waals surface area contributed by atoms with Crippen molar-refractivity contribution in [3.63, 3.8) is 0 Å². The van der Waals surface area contributed by atoms with Gasteiger partial charge in [-0.25, -0.2) is 4.79 Å². The van der Waals surface area contributed by atoms with E-state index < -0.39 is 36.2 Å². The highest BCUT2D eigenvalue weighted by Crippen LogP contribution is 2.31. The van der Waals surface area contributed by atoms with Crippen LogP contribution in [-0.2, 0) is 23.8 Å². The van der Waals surface area contributed by atoms with Gasteiger partial charge in [0.05, 0.1) is 6.20 Å². The Morgan fingerprint density at radius 2 is 1.12 bits per heavy atom. The molecule has 4 atom stereocenters. The number of nitrogens with two attached hydrogens (primary N) is 1. The molecule has 1 saturated heterocycles. The Hall–Kier alpha value is -2.53. The minimum Gasteiger partial charge on any atom is -0.463 e. The molecule has 0 aromatic carbocycles. The fraction of sp³-hybridized carbons (Fsp3) is 0.875. The van der Waals surface area contributed by atoms with E-state index in [0.29, 0.717) is 6.42 Å². The second-order valence-electron chi connectivity index (χ2n) is 14.6. The van der Waals surface area contributed by atoms with Crippen molar-refractivity contribution >= 4 is 17.8 Å². The number of esters is 2. The summed E-state index contributed by atoms with van der Waals surface area (Å²) in [5, 5.41) is 15.1. The number of unbranched alkanes of at least 4 members (excludes halogenated alkanes) is 24. The summed E-state index contributed by atoms with van der Waals surface area (Å²) < 4.78 is 17.9. The number of aliphatic hydroxyl groups excluding tert-OH is 1. The number of carbonyl (C=O) groups is 2. The van der Waals surface area contributed by atoms with Crippen LogP contribution in [0.15, 0.2) is 11.0 Å². The highest BCUT2D eigenvalue weighted by atomic mass is 16.6. The molecule has 1 aromatic heterocycles. The highest BCUT2D eigenvalue weighted by molar-refractivity contribution is 5.70. The predicted octanol–water partition coefficient (Wildman–Crippen LogP) is 8.90. The van der Waals surface area contributed by atoms with Gasteiger partial charge in [0.25, 0.3) is 0 Å². The number of carbonyl (C=O) groups excluding carboxylic acids is 2. The molecule has 51 heavy (non-hydrogen) atoms. The van der Waals surface area contributed by atoms with Gasteiger partial charge >= 0.3 is 17.6 Å². The molecular weight excluding hydrogens is 648 g/mol. The van der Waals surface area contributed by atoms with Crippen LogP contribution in [0.5, 0.6) is 0 Å². The number of nitrogens with zero attached hydrogens (tertiary/aromatic N) is 3. The molecule has 3 N–H and O–H groups in total. The molecule has 11 heteroatoms. The van der Waals surface area contributed by atoms with E-state index in [1.165, 1.54) is 128 Å². The minimum absolute atomic E-state index is 0.0665. The first kappa shape index (κ1) is 44.6. The summed E-state index contributed by atoms with van der Waals surface area (Å²) in [5.74, 6) is -0.908. The van der Waals surface area contributed by atoms with Crippen LogP contribution < -0.4 is 11.4 Å². The predicted molar refractivity (Wildman–Crippen MR) is 202 cm³/mol. The van der Waals surface area contributed by atoms with Crippen molar-refractivity contribution in [3.8, 4) is 0 Å². The third-order valence-electron chi connectivity index (χ3n) is 9.93. The number of rotatable bonds is 32. The SMILES string of the molecule is CCCCCCCCCCCCCCCC(=O)OC[C@H]1O[C@@H](n2ncc(N)nc2=O)[C@@H](O)[C@@H]1OC(=O)CCCCCCCCCCCCCCC. The first-order valence-corrected chi connectivity index (χ1v) is 20.8. The van der Waals surface area contributed by atoms with Crippen molar-refractivity contribution in [1.82, 2.24) is 14.8 Å². The lowest BCUT2D eigenvalue weighted by atomic mass is 10.0. The van der Waals surface area contributed by atoms with Gasteiger partial charge < -0.3 is 25.1 Å². The van der Waals surface area contributed by atoms with Crippen molar-refractivity contribution in [2.24, 2.45) is 0 Å². The molecule has 0 spiro atoms. The van der Waals surface area contributed by atoms with Crippen LogP contribution in [0.1, 0.15) is 200 Å². The Bertz CT molecular complexity index is 1100. The van der Waals surface area contributed by atoms with Crippen molar-refractivity contribution < 1.29 is 28.9 Å². The molecule has 0 amide bonds. The van der Waals surface area contributed by atoms with E-state index >= 15 is 0 Å².